The lowest BCUT2D eigenvalue weighted by Gasteiger charge is -2.20. The fourth-order valence-corrected chi connectivity index (χ4v) is 1.46. The first-order valence-corrected chi connectivity index (χ1v) is 4.82. The predicted molar refractivity (Wildman–Crippen MR) is 47.6 cm³/mol. The summed E-state index contributed by atoms with van der Waals surface area (Å²) >= 11 is 0. The van der Waals surface area contributed by atoms with Crippen LogP contribution in [0.4, 0.5) is 13.2 Å². The average molecular weight is 236 g/mol. The molecule has 0 radical (unpaired) electrons. The Labute approximate surface area is 89.6 Å². The fourth-order valence-electron chi connectivity index (χ4n) is 1.46. The second-order valence-electron chi connectivity index (χ2n) is 3.50. The Morgan fingerprint density at radius 2 is 2.38 bits per heavy atom. The molecule has 0 aliphatic carbocycles. The zero-order valence-electron chi connectivity index (χ0n) is 8.37. The van der Waals surface area contributed by atoms with Crippen LogP contribution in [0.1, 0.15) is 11.9 Å². The number of hydrogen-bond acceptors (Lipinski definition) is 4. The van der Waals surface area contributed by atoms with E-state index in [2.05, 4.69) is 15.4 Å². The molecule has 0 amide bonds. The lowest BCUT2D eigenvalue weighted by molar-refractivity contribution is -0.142. The summed E-state index contributed by atoms with van der Waals surface area (Å²) in [4.78, 5) is 3.83. The molecular weight excluding hydrogens is 225 g/mol. The number of alkyl halides is 3. The molecule has 2 heterocycles. The molecule has 2 rings (SSSR count). The maximum absolute atomic E-state index is 12.1. The number of nitrogens with zero attached hydrogens (tertiary/aromatic N) is 3. The van der Waals surface area contributed by atoms with Crippen LogP contribution in [0, 0.1) is 0 Å². The zero-order chi connectivity index (χ0) is 11.6. The molecular formula is C8H11F3N4O. The van der Waals surface area contributed by atoms with Gasteiger partial charge < -0.3 is 10.1 Å². The van der Waals surface area contributed by atoms with Gasteiger partial charge in [-0.15, -0.1) is 0 Å². The van der Waals surface area contributed by atoms with Crippen LogP contribution in [-0.2, 0) is 11.3 Å². The van der Waals surface area contributed by atoms with Gasteiger partial charge in [-0.3, -0.25) is 0 Å². The van der Waals surface area contributed by atoms with E-state index < -0.39 is 12.7 Å². The maximum atomic E-state index is 12.1. The van der Waals surface area contributed by atoms with Crippen LogP contribution in [-0.4, -0.2) is 40.7 Å². The highest BCUT2D eigenvalue weighted by atomic mass is 19.4. The van der Waals surface area contributed by atoms with Crippen molar-refractivity contribution in [1.29, 1.82) is 0 Å². The van der Waals surface area contributed by atoms with Gasteiger partial charge in [0.1, 0.15) is 12.9 Å². The Hall–Kier alpha value is -1.15. The van der Waals surface area contributed by atoms with E-state index in [0.717, 1.165) is 11.0 Å². The van der Waals surface area contributed by atoms with Crippen molar-refractivity contribution >= 4 is 0 Å². The highest BCUT2D eigenvalue weighted by molar-refractivity contribution is 4.93. The highest BCUT2D eigenvalue weighted by Gasteiger charge is 2.29. The zero-order valence-corrected chi connectivity index (χ0v) is 8.37. The first-order valence-electron chi connectivity index (χ1n) is 4.82. The normalized spacial score (nSPS) is 22.3. The predicted octanol–water partition coefficient (Wildman–Crippen LogP) is 0.501. The molecule has 1 aromatic heterocycles. The largest absolute Gasteiger partial charge is 0.408 e. The van der Waals surface area contributed by atoms with E-state index in [-0.39, 0.29) is 6.04 Å². The molecule has 1 unspecified atom stereocenters. The SMILES string of the molecule is FC(F)(F)Cn1cnc(C2COCCN2)n1. The lowest BCUT2D eigenvalue weighted by atomic mass is 10.3. The van der Waals surface area contributed by atoms with Crippen molar-refractivity contribution in [3.8, 4) is 0 Å². The number of morpholine rings is 1. The average Bonchev–Trinajstić information content (AvgIpc) is 2.65. The molecule has 0 spiro atoms. The summed E-state index contributed by atoms with van der Waals surface area (Å²) in [6.07, 6.45) is -3.19. The topological polar surface area (TPSA) is 52.0 Å². The van der Waals surface area contributed by atoms with Crippen LogP contribution in [0.3, 0.4) is 0 Å². The van der Waals surface area contributed by atoms with Gasteiger partial charge in [0, 0.05) is 6.54 Å². The molecule has 5 nitrogen and oxygen atoms in total. The van der Waals surface area contributed by atoms with Crippen LogP contribution in [0.5, 0.6) is 0 Å². The van der Waals surface area contributed by atoms with Crippen molar-refractivity contribution in [1.82, 2.24) is 20.1 Å². The molecule has 1 atom stereocenters. The number of aromatic nitrogens is 3. The number of rotatable bonds is 2. The van der Waals surface area contributed by atoms with E-state index in [1.807, 2.05) is 0 Å². The van der Waals surface area contributed by atoms with E-state index in [4.69, 9.17) is 4.74 Å². The summed E-state index contributed by atoms with van der Waals surface area (Å²) in [6, 6.07) is -0.219. The number of ether oxygens (including phenoxy) is 1. The second-order valence-corrected chi connectivity index (χ2v) is 3.50. The minimum Gasteiger partial charge on any atom is -0.378 e. The third-order valence-electron chi connectivity index (χ3n) is 2.13. The molecule has 0 aromatic carbocycles. The van der Waals surface area contributed by atoms with Crippen LogP contribution in [0.25, 0.3) is 0 Å². The number of hydrogen-bond donors (Lipinski definition) is 1. The Bertz CT molecular complexity index is 345. The lowest BCUT2D eigenvalue weighted by Crippen LogP contribution is -2.35. The van der Waals surface area contributed by atoms with Crippen molar-refractivity contribution in [2.75, 3.05) is 19.8 Å². The van der Waals surface area contributed by atoms with Gasteiger partial charge in [-0.05, 0) is 0 Å². The Morgan fingerprint density at radius 1 is 1.56 bits per heavy atom. The standard InChI is InChI=1S/C8H11F3N4O/c9-8(10,11)4-15-5-13-7(14-15)6-3-16-2-1-12-6/h5-6,12H,1-4H2. The molecule has 1 saturated heterocycles. The Balaban J connectivity index is 2.01. The molecule has 1 N–H and O–H groups in total. The molecule has 0 bridgehead atoms. The summed E-state index contributed by atoms with van der Waals surface area (Å²) < 4.78 is 42.1. The van der Waals surface area contributed by atoms with Crippen LogP contribution in [0.2, 0.25) is 0 Å². The fraction of sp³-hybridized carbons (Fsp3) is 0.750. The monoisotopic (exact) mass is 236 g/mol. The molecule has 1 fully saturated rings. The minimum absolute atomic E-state index is 0.219. The van der Waals surface area contributed by atoms with Crippen LogP contribution in [0.15, 0.2) is 6.33 Å². The van der Waals surface area contributed by atoms with Crippen molar-refractivity contribution in [3.63, 3.8) is 0 Å². The summed E-state index contributed by atoms with van der Waals surface area (Å²) in [5, 5.41) is 6.83. The van der Waals surface area contributed by atoms with Gasteiger partial charge >= 0.3 is 6.18 Å². The van der Waals surface area contributed by atoms with Gasteiger partial charge in [0.15, 0.2) is 5.82 Å². The molecule has 8 heteroatoms. The quantitative estimate of drug-likeness (QED) is 0.812. The molecule has 16 heavy (non-hydrogen) atoms. The summed E-state index contributed by atoms with van der Waals surface area (Å²) in [5.74, 6) is 0.337. The minimum atomic E-state index is -4.28. The first kappa shape index (κ1) is 11.3. The summed E-state index contributed by atoms with van der Waals surface area (Å²) in [5.41, 5.74) is 0. The van der Waals surface area contributed by atoms with E-state index in [9.17, 15) is 13.2 Å². The van der Waals surface area contributed by atoms with Gasteiger partial charge in [0.25, 0.3) is 0 Å². The van der Waals surface area contributed by atoms with Gasteiger partial charge in [-0.25, -0.2) is 9.67 Å². The van der Waals surface area contributed by atoms with E-state index in [1.165, 1.54) is 0 Å². The van der Waals surface area contributed by atoms with Crippen molar-refractivity contribution in [2.24, 2.45) is 0 Å². The molecule has 1 aliphatic rings. The van der Waals surface area contributed by atoms with E-state index in [1.54, 1.807) is 0 Å². The molecule has 1 aromatic rings. The van der Waals surface area contributed by atoms with Crippen molar-refractivity contribution in [3.05, 3.63) is 12.2 Å². The highest BCUT2D eigenvalue weighted by Crippen LogP contribution is 2.17. The van der Waals surface area contributed by atoms with Gasteiger partial charge in [0.05, 0.1) is 19.3 Å². The van der Waals surface area contributed by atoms with Crippen molar-refractivity contribution in [2.45, 2.75) is 18.8 Å². The Morgan fingerprint density at radius 3 is 3.00 bits per heavy atom. The number of halogens is 3. The summed E-state index contributed by atoms with van der Waals surface area (Å²) in [6.45, 7) is 0.516. The third kappa shape index (κ3) is 2.92. The van der Waals surface area contributed by atoms with E-state index in [0.29, 0.717) is 25.6 Å². The van der Waals surface area contributed by atoms with Crippen LogP contribution >= 0.6 is 0 Å². The number of nitrogens with one attached hydrogen (secondary N) is 1. The van der Waals surface area contributed by atoms with Gasteiger partial charge in [-0.2, -0.15) is 18.3 Å². The van der Waals surface area contributed by atoms with Gasteiger partial charge in [0.2, 0.25) is 0 Å². The molecule has 1 aliphatic heterocycles. The maximum Gasteiger partial charge on any atom is 0.408 e. The second kappa shape index (κ2) is 4.38. The molecule has 90 valence electrons. The smallest absolute Gasteiger partial charge is 0.378 e. The van der Waals surface area contributed by atoms with E-state index >= 15 is 0 Å². The van der Waals surface area contributed by atoms with Crippen molar-refractivity contribution < 1.29 is 17.9 Å². The van der Waals surface area contributed by atoms with Gasteiger partial charge in [-0.1, -0.05) is 0 Å². The summed E-state index contributed by atoms with van der Waals surface area (Å²) in [7, 11) is 0. The first-order chi connectivity index (χ1) is 7.54. The van der Waals surface area contributed by atoms with Crippen LogP contribution < -0.4 is 5.32 Å². The Kier molecular flexibility index (Phi) is 3.10. The third-order valence-corrected chi connectivity index (χ3v) is 2.13. The molecule has 0 saturated carbocycles.